The molecule has 2 rings (SSSR count). The van der Waals surface area contributed by atoms with Gasteiger partial charge in [-0.05, 0) is 25.0 Å². The summed E-state index contributed by atoms with van der Waals surface area (Å²) in [5, 5.41) is 12.0. The largest absolute Gasteiger partial charge is 0.381 e. The van der Waals surface area contributed by atoms with Crippen LogP contribution in [0.25, 0.3) is 0 Å². The molecule has 0 aliphatic carbocycles. The van der Waals surface area contributed by atoms with Crippen molar-refractivity contribution in [2.24, 2.45) is 0 Å². The third-order valence-corrected chi connectivity index (χ3v) is 2.44. The zero-order valence-electron chi connectivity index (χ0n) is 8.44. The fourth-order valence-corrected chi connectivity index (χ4v) is 1.63. The first-order valence-corrected chi connectivity index (χ1v) is 5.10. The molecule has 0 saturated carbocycles. The highest BCUT2D eigenvalue weighted by molar-refractivity contribution is 5.39. The van der Waals surface area contributed by atoms with Gasteiger partial charge in [0.05, 0.1) is 0 Å². The molecule has 78 valence electrons. The highest BCUT2D eigenvalue weighted by Crippen LogP contribution is 2.13. The van der Waals surface area contributed by atoms with Gasteiger partial charge in [-0.2, -0.15) is 5.26 Å². The molecule has 4 heteroatoms. The monoisotopic (exact) mass is 203 g/mol. The van der Waals surface area contributed by atoms with E-state index in [1.807, 2.05) is 18.2 Å². The summed E-state index contributed by atoms with van der Waals surface area (Å²) in [6, 6.07) is 7.87. The number of hydrogen-bond donors (Lipinski definition) is 1. The molecule has 4 nitrogen and oxygen atoms in total. The molecule has 0 unspecified atom stereocenters. The first-order chi connectivity index (χ1) is 7.38. The predicted octanol–water partition coefficient (Wildman–Crippen LogP) is 1.54. The van der Waals surface area contributed by atoms with Crippen molar-refractivity contribution in [3.05, 3.63) is 23.9 Å². The van der Waals surface area contributed by atoms with Gasteiger partial charge in [-0.15, -0.1) is 0 Å². The van der Waals surface area contributed by atoms with Gasteiger partial charge < -0.3 is 10.1 Å². The molecule has 1 fully saturated rings. The Kier molecular flexibility index (Phi) is 3.15. The van der Waals surface area contributed by atoms with Gasteiger partial charge in [0.25, 0.3) is 0 Å². The van der Waals surface area contributed by atoms with Gasteiger partial charge in [-0.25, -0.2) is 4.98 Å². The van der Waals surface area contributed by atoms with Crippen LogP contribution in [-0.2, 0) is 4.74 Å². The van der Waals surface area contributed by atoms with Crippen LogP contribution in [0.4, 0.5) is 5.82 Å². The predicted molar refractivity (Wildman–Crippen MR) is 56.4 cm³/mol. The molecule has 15 heavy (non-hydrogen) atoms. The molecule has 0 bridgehead atoms. The molecule has 0 spiro atoms. The lowest BCUT2D eigenvalue weighted by Gasteiger charge is -2.23. The first-order valence-electron chi connectivity index (χ1n) is 5.10. The zero-order valence-corrected chi connectivity index (χ0v) is 8.44. The third-order valence-electron chi connectivity index (χ3n) is 2.44. The lowest BCUT2D eigenvalue weighted by molar-refractivity contribution is 0.0904. The molecule has 1 aromatic rings. The summed E-state index contributed by atoms with van der Waals surface area (Å²) in [5.41, 5.74) is 0.451. The standard InChI is InChI=1S/C11H13N3O/c12-8-10-2-1-3-11(14-10)13-9-4-6-15-7-5-9/h1-3,9H,4-7H2,(H,13,14). The zero-order chi connectivity index (χ0) is 10.5. The smallest absolute Gasteiger partial charge is 0.142 e. The van der Waals surface area contributed by atoms with Gasteiger partial charge in [-0.1, -0.05) is 6.07 Å². The Morgan fingerprint density at radius 1 is 1.40 bits per heavy atom. The SMILES string of the molecule is N#Cc1cccc(NC2CCOCC2)n1. The van der Waals surface area contributed by atoms with Crippen LogP contribution in [0.5, 0.6) is 0 Å². The molecule has 1 aromatic heterocycles. The highest BCUT2D eigenvalue weighted by Gasteiger charge is 2.13. The quantitative estimate of drug-likeness (QED) is 0.792. The van der Waals surface area contributed by atoms with E-state index in [1.165, 1.54) is 0 Å². The normalized spacial score (nSPS) is 17.0. The molecule has 0 amide bonds. The lowest BCUT2D eigenvalue weighted by atomic mass is 10.1. The van der Waals surface area contributed by atoms with E-state index in [9.17, 15) is 0 Å². The average molecular weight is 203 g/mol. The van der Waals surface area contributed by atoms with E-state index in [1.54, 1.807) is 6.07 Å². The van der Waals surface area contributed by atoms with Gasteiger partial charge in [0.1, 0.15) is 17.6 Å². The van der Waals surface area contributed by atoms with Crippen LogP contribution in [0.3, 0.4) is 0 Å². The maximum Gasteiger partial charge on any atom is 0.142 e. The number of nitrogens with zero attached hydrogens (tertiary/aromatic N) is 2. The topological polar surface area (TPSA) is 57.9 Å². The van der Waals surface area contributed by atoms with Crippen molar-refractivity contribution >= 4 is 5.82 Å². The van der Waals surface area contributed by atoms with E-state index in [2.05, 4.69) is 10.3 Å². The molecular formula is C11H13N3O. The van der Waals surface area contributed by atoms with Crippen molar-refractivity contribution in [1.82, 2.24) is 4.98 Å². The van der Waals surface area contributed by atoms with Crippen molar-refractivity contribution in [3.8, 4) is 6.07 Å². The number of nitriles is 1. The molecule has 0 aromatic carbocycles. The second kappa shape index (κ2) is 4.76. The summed E-state index contributed by atoms with van der Waals surface area (Å²) in [4.78, 5) is 4.17. The van der Waals surface area contributed by atoms with Crippen LogP contribution >= 0.6 is 0 Å². The maximum absolute atomic E-state index is 8.71. The molecule has 1 saturated heterocycles. The Morgan fingerprint density at radius 3 is 2.93 bits per heavy atom. The van der Waals surface area contributed by atoms with Crippen molar-refractivity contribution in [2.75, 3.05) is 18.5 Å². The summed E-state index contributed by atoms with van der Waals surface area (Å²) in [7, 11) is 0. The van der Waals surface area contributed by atoms with E-state index >= 15 is 0 Å². The number of pyridine rings is 1. The molecule has 1 aliphatic rings. The number of ether oxygens (including phenoxy) is 1. The van der Waals surface area contributed by atoms with Crippen LogP contribution in [0, 0.1) is 11.3 Å². The Morgan fingerprint density at radius 2 is 2.20 bits per heavy atom. The third kappa shape index (κ3) is 2.67. The number of nitrogens with one attached hydrogen (secondary N) is 1. The van der Waals surface area contributed by atoms with E-state index in [0.717, 1.165) is 31.9 Å². The Labute approximate surface area is 88.9 Å². The van der Waals surface area contributed by atoms with Gasteiger partial charge in [0, 0.05) is 19.3 Å². The Bertz CT molecular complexity index is 366. The number of aromatic nitrogens is 1. The molecule has 1 N–H and O–H groups in total. The maximum atomic E-state index is 8.71. The van der Waals surface area contributed by atoms with E-state index in [0.29, 0.717) is 11.7 Å². The summed E-state index contributed by atoms with van der Waals surface area (Å²) in [6.45, 7) is 1.60. The number of hydrogen-bond acceptors (Lipinski definition) is 4. The fourth-order valence-electron chi connectivity index (χ4n) is 1.63. The lowest BCUT2D eigenvalue weighted by Crippen LogP contribution is -2.28. The second-order valence-corrected chi connectivity index (χ2v) is 3.55. The average Bonchev–Trinajstić information content (AvgIpc) is 2.31. The fraction of sp³-hybridized carbons (Fsp3) is 0.455. The van der Waals surface area contributed by atoms with E-state index in [-0.39, 0.29) is 0 Å². The summed E-state index contributed by atoms with van der Waals surface area (Å²) in [5.74, 6) is 0.779. The Hall–Kier alpha value is -1.60. The minimum absolute atomic E-state index is 0.417. The second-order valence-electron chi connectivity index (χ2n) is 3.55. The van der Waals surface area contributed by atoms with Crippen LogP contribution in [0.2, 0.25) is 0 Å². The number of rotatable bonds is 2. The van der Waals surface area contributed by atoms with Crippen LogP contribution in [0.1, 0.15) is 18.5 Å². The van der Waals surface area contributed by atoms with Crippen molar-refractivity contribution < 1.29 is 4.74 Å². The summed E-state index contributed by atoms with van der Waals surface area (Å²) >= 11 is 0. The van der Waals surface area contributed by atoms with Gasteiger partial charge >= 0.3 is 0 Å². The van der Waals surface area contributed by atoms with Crippen molar-refractivity contribution in [1.29, 1.82) is 5.26 Å². The highest BCUT2D eigenvalue weighted by atomic mass is 16.5. The Balaban J connectivity index is 2.00. The summed E-state index contributed by atoms with van der Waals surface area (Å²) < 4.78 is 5.27. The summed E-state index contributed by atoms with van der Waals surface area (Å²) in [6.07, 6.45) is 2.00. The van der Waals surface area contributed by atoms with Crippen molar-refractivity contribution in [3.63, 3.8) is 0 Å². The van der Waals surface area contributed by atoms with Crippen molar-refractivity contribution in [2.45, 2.75) is 18.9 Å². The minimum Gasteiger partial charge on any atom is -0.381 e. The molecule has 1 aliphatic heterocycles. The number of anilines is 1. The first kappa shape index (κ1) is 9.94. The van der Waals surface area contributed by atoms with Crippen LogP contribution in [0.15, 0.2) is 18.2 Å². The molecular weight excluding hydrogens is 190 g/mol. The van der Waals surface area contributed by atoms with E-state index in [4.69, 9.17) is 10.00 Å². The molecule has 0 radical (unpaired) electrons. The van der Waals surface area contributed by atoms with Crippen LogP contribution < -0.4 is 5.32 Å². The van der Waals surface area contributed by atoms with E-state index < -0.39 is 0 Å². The molecule has 0 atom stereocenters. The minimum atomic E-state index is 0.417. The van der Waals surface area contributed by atoms with Crippen LogP contribution in [-0.4, -0.2) is 24.2 Å². The van der Waals surface area contributed by atoms with Gasteiger partial charge in [0.15, 0.2) is 0 Å². The molecule has 2 heterocycles. The van der Waals surface area contributed by atoms with Gasteiger partial charge in [-0.3, -0.25) is 0 Å². The van der Waals surface area contributed by atoms with Gasteiger partial charge in [0.2, 0.25) is 0 Å².